The van der Waals surface area contributed by atoms with Gasteiger partial charge in [0.2, 0.25) is 0 Å². The smallest absolute Gasteiger partial charge is 0.337 e. The van der Waals surface area contributed by atoms with E-state index in [1.807, 2.05) is 7.11 Å². The summed E-state index contributed by atoms with van der Waals surface area (Å²) in [6, 6.07) is 12.1. The molecule has 39 heavy (non-hydrogen) atoms. The molecule has 210 valence electrons. The number of rotatable bonds is 6. The molecule has 7 heteroatoms. The predicted molar refractivity (Wildman–Crippen MR) is 152 cm³/mol. The maximum Gasteiger partial charge on any atom is 0.337 e. The van der Waals surface area contributed by atoms with E-state index in [-0.39, 0.29) is 28.2 Å². The van der Waals surface area contributed by atoms with E-state index in [9.17, 15) is 15.0 Å². The van der Waals surface area contributed by atoms with Crippen LogP contribution in [0.5, 0.6) is 5.75 Å². The summed E-state index contributed by atoms with van der Waals surface area (Å²) in [7, 11) is 1.82. The molecule has 2 N–H and O–H groups in total. The van der Waals surface area contributed by atoms with Crippen LogP contribution in [0.15, 0.2) is 36.4 Å². The second-order valence-corrected chi connectivity index (χ2v) is 12.7. The van der Waals surface area contributed by atoms with Crippen molar-refractivity contribution in [3.8, 4) is 5.75 Å². The molecule has 3 aliphatic carbocycles. The van der Waals surface area contributed by atoms with Crippen LogP contribution in [-0.4, -0.2) is 55.2 Å². The van der Waals surface area contributed by atoms with Crippen molar-refractivity contribution in [3.63, 3.8) is 0 Å². The van der Waals surface area contributed by atoms with Gasteiger partial charge in [0.05, 0.1) is 35.1 Å². The van der Waals surface area contributed by atoms with Gasteiger partial charge in [-0.2, -0.15) is 0 Å². The van der Waals surface area contributed by atoms with E-state index < -0.39 is 5.97 Å². The summed E-state index contributed by atoms with van der Waals surface area (Å²) in [5.41, 5.74) is 3.37. The number of nitrogens with zero attached hydrogens (tertiary/aromatic N) is 1. The zero-order valence-corrected chi connectivity index (χ0v) is 23.5. The van der Waals surface area contributed by atoms with Crippen molar-refractivity contribution < 1.29 is 24.5 Å². The van der Waals surface area contributed by atoms with E-state index in [1.54, 1.807) is 12.1 Å². The number of carboxylic acid groups (broad SMARTS) is 1. The topological polar surface area (TPSA) is 79.2 Å². The number of methoxy groups -OCH3 is 1. The number of hydrogen-bond acceptors (Lipinski definition) is 5. The third kappa shape index (κ3) is 4.93. The fourth-order valence-electron chi connectivity index (χ4n) is 8.06. The number of halogens is 1. The molecule has 6 nitrogen and oxygen atoms in total. The third-order valence-corrected chi connectivity index (χ3v) is 10.5. The number of hydrogen-bond donors (Lipinski definition) is 2. The lowest BCUT2D eigenvalue weighted by molar-refractivity contribution is -0.0721. The Bertz CT molecular complexity index is 1220. The number of aromatic carboxylic acids is 1. The van der Waals surface area contributed by atoms with Gasteiger partial charge >= 0.3 is 5.97 Å². The maximum atomic E-state index is 12.0. The highest BCUT2D eigenvalue weighted by molar-refractivity contribution is 6.36. The maximum absolute atomic E-state index is 12.0. The molecule has 2 fully saturated rings. The van der Waals surface area contributed by atoms with Gasteiger partial charge in [-0.3, -0.25) is 0 Å². The summed E-state index contributed by atoms with van der Waals surface area (Å²) in [6.07, 6.45) is 9.17. The molecular weight excluding hydrogens is 514 g/mol. The first kappa shape index (κ1) is 26.9. The van der Waals surface area contributed by atoms with Crippen LogP contribution in [0.4, 0.5) is 5.69 Å². The van der Waals surface area contributed by atoms with E-state index in [4.69, 9.17) is 21.1 Å². The molecule has 2 aromatic carbocycles. The molecule has 4 aliphatic rings. The quantitative estimate of drug-likeness (QED) is 0.450. The Morgan fingerprint density at radius 2 is 2.03 bits per heavy atom. The largest absolute Gasteiger partial charge is 0.490 e. The van der Waals surface area contributed by atoms with Crippen molar-refractivity contribution in [1.82, 2.24) is 0 Å². The van der Waals surface area contributed by atoms with Crippen LogP contribution in [0, 0.1) is 17.8 Å². The lowest BCUT2D eigenvalue weighted by Crippen LogP contribution is -2.51. The van der Waals surface area contributed by atoms with Gasteiger partial charge in [0.15, 0.2) is 0 Å². The number of aliphatic hydroxyl groups excluding tert-OH is 1. The summed E-state index contributed by atoms with van der Waals surface area (Å²) < 4.78 is 12.6. The first-order valence-corrected chi connectivity index (χ1v) is 15.0. The molecule has 0 saturated heterocycles. The molecule has 0 amide bonds. The van der Waals surface area contributed by atoms with Crippen molar-refractivity contribution in [2.75, 3.05) is 31.7 Å². The van der Waals surface area contributed by atoms with Crippen LogP contribution in [-0.2, 0) is 16.6 Å². The van der Waals surface area contributed by atoms with Gasteiger partial charge in [-0.15, -0.1) is 0 Å². The minimum absolute atomic E-state index is 0.111. The zero-order valence-electron chi connectivity index (χ0n) is 22.8. The highest BCUT2D eigenvalue weighted by Crippen LogP contribution is 2.50. The van der Waals surface area contributed by atoms with Gasteiger partial charge in [0.25, 0.3) is 0 Å². The van der Waals surface area contributed by atoms with E-state index >= 15 is 0 Å². The first-order valence-electron chi connectivity index (χ1n) is 14.6. The highest BCUT2D eigenvalue weighted by Gasteiger charge is 2.46. The van der Waals surface area contributed by atoms with Crippen LogP contribution in [0.2, 0.25) is 5.02 Å². The van der Waals surface area contributed by atoms with Crippen LogP contribution in [0.25, 0.3) is 0 Å². The van der Waals surface area contributed by atoms with E-state index in [1.165, 1.54) is 11.1 Å². The van der Waals surface area contributed by atoms with Gasteiger partial charge in [-0.05, 0) is 92.4 Å². The van der Waals surface area contributed by atoms with Crippen molar-refractivity contribution in [2.24, 2.45) is 17.8 Å². The van der Waals surface area contributed by atoms with E-state index in [2.05, 4.69) is 29.2 Å². The lowest BCUT2D eigenvalue weighted by Gasteiger charge is -2.48. The van der Waals surface area contributed by atoms with Crippen molar-refractivity contribution in [3.05, 3.63) is 58.1 Å². The van der Waals surface area contributed by atoms with Gasteiger partial charge in [0, 0.05) is 25.6 Å². The Balaban J connectivity index is 1.35. The third-order valence-electron chi connectivity index (χ3n) is 10.1. The van der Waals surface area contributed by atoms with Crippen molar-refractivity contribution in [1.29, 1.82) is 0 Å². The number of carboxylic acids is 1. The van der Waals surface area contributed by atoms with Crippen molar-refractivity contribution >= 4 is 23.3 Å². The van der Waals surface area contributed by atoms with Gasteiger partial charge in [0.1, 0.15) is 5.75 Å². The summed E-state index contributed by atoms with van der Waals surface area (Å²) in [5, 5.41) is 20.5. The SMILES string of the molecule is COC([C@H]1CCC[C@H](O)C1)[C@@H]1CC[C@H]1CN1CC2(CCCc3ccccc32)COc2ccc(C(=O)O)c(Cl)c21. The van der Waals surface area contributed by atoms with Gasteiger partial charge in [-0.25, -0.2) is 4.79 Å². The number of anilines is 1. The van der Waals surface area contributed by atoms with Gasteiger partial charge < -0.3 is 24.6 Å². The molecular formula is C32H40ClNO5. The Kier molecular flexibility index (Phi) is 7.55. The van der Waals surface area contributed by atoms with E-state index in [0.29, 0.717) is 35.8 Å². The number of aryl methyl sites for hydroxylation is 1. The first-order chi connectivity index (χ1) is 18.9. The molecule has 6 atom stereocenters. The predicted octanol–water partition coefficient (Wildman–Crippen LogP) is 6.10. The molecule has 2 aromatic rings. The molecule has 2 unspecified atom stereocenters. The molecule has 0 bridgehead atoms. The number of aliphatic hydroxyl groups is 1. The molecule has 0 radical (unpaired) electrons. The number of carbonyl (C=O) groups is 1. The number of benzene rings is 2. The van der Waals surface area contributed by atoms with Crippen LogP contribution >= 0.6 is 11.6 Å². The molecule has 2 saturated carbocycles. The number of fused-ring (bicyclic) bond motifs is 3. The zero-order chi connectivity index (χ0) is 27.1. The average Bonchev–Trinajstić information content (AvgIpc) is 3.07. The lowest BCUT2D eigenvalue weighted by atomic mass is 9.65. The fourth-order valence-corrected chi connectivity index (χ4v) is 8.42. The molecule has 1 aliphatic heterocycles. The summed E-state index contributed by atoms with van der Waals surface area (Å²) in [5.74, 6) is 0.834. The standard InChI is InChI=1S/C32H40ClNO5/c1-38-30(21-7-4-9-23(35)16-21)24-12-11-22(24)17-34-18-32(15-5-8-20-6-2-3-10-26(20)32)19-39-27-14-13-25(31(36)37)28(33)29(27)34/h2-3,6,10,13-14,21-24,30,35H,4-5,7-9,11-12,15-19H2,1H3,(H,36,37)/t21-,22-,23-,24+,30?,32?/m0/s1. The normalized spacial score (nSPS) is 30.9. The fraction of sp³-hybridized carbons (Fsp3) is 0.594. The second kappa shape index (κ2) is 10.9. The summed E-state index contributed by atoms with van der Waals surface area (Å²) in [6.45, 7) is 2.07. The summed E-state index contributed by atoms with van der Waals surface area (Å²) in [4.78, 5) is 14.4. The van der Waals surface area contributed by atoms with Crippen LogP contribution < -0.4 is 9.64 Å². The Hall–Kier alpha value is -2.28. The molecule has 1 heterocycles. The molecule has 0 aromatic heterocycles. The summed E-state index contributed by atoms with van der Waals surface area (Å²) >= 11 is 6.87. The molecule has 1 spiro atoms. The highest BCUT2D eigenvalue weighted by atomic mass is 35.5. The van der Waals surface area contributed by atoms with Crippen molar-refractivity contribution in [2.45, 2.75) is 75.4 Å². The Morgan fingerprint density at radius 3 is 2.77 bits per heavy atom. The Labute approximate surface area is 236 Å². The van der Waals surface area contributed by atoms with E-state index in [0.717, 1.165) is 70.9 Å². The second-order valence-electron chi connectivity index (χ2n) is 12.3. The van der Waals surface area contributed by atoms with Gasteiger partial charge in [-0.1, -0.05) is 42.3 Å². The minimum Gasteiger partial charge on any atom is -0.490 e. The molecule has 6 rings (SSSR count). The monoisotopic (exact) mass is 553 g/mol. The number of ether oxygens (including phenoxy) is 2. The van der Waals surface area contributed by atoms with Crippen LogP contribution in [0.3, 0.4) is 0 Å². The van der Waals surface area contributed by atoms with Crippen LogP contribution in [0.1, 0.15) is 72.9 Å². The minimum atomic E-state index is -1.03. The average molecular weight is 554 g/mol. The Morgan fingerprint density at radius 1 is 1.18 bits per heavy atom.